The lowest BCUT2D eigenvalue weighted by atomic mass is 10.1. The number of carbonyl (C=O) groups excluding carboxylic acids is 1. The summed E-state index contributed by atoms with van der Waals surface area (Å²) in [5, 5.41) is 3.09. The Bertz CT molecular complexity index is 1070. The summed E-state index contributed by atoms with van der Waals surface area (Å²) in [5.74, 6) is 1.21. The van der Waals surface area contributed by atoms with Crippen LogP contribution in [0.25, 0.3) is 0 Å². The second-order valence-electron chi connectivity index (χ2n) is 7.56. The lowest BCUT2D eigenvalue weighted by Gasteiger charge is -2.25. The number of aryl methyl sites for hydroxylation is 2. The minimum absolute atomic E-state index is 0.0897. The number of hydrogen-bond acceptors (Lipinski definition) is 6. The van der Waals surface area contributed by atoms with E-state index >= 15 is 0 Å². The van der Waals surface area contributed by atoms with Crippen LogP contribution in [-0.4, -0.2) is 54.5 Å². The molecule has 2 aromatic rings. The largest absolute Gasteiger partial charge is 0.495 e. The molecule has 1 N–H and O–H groups in total. The van der Waals surface area contributed by atoms with Crippen molar-refractivity contribution < 1.29 is 27.4 Å². The number of benzene rings is 2. The third kappa shape index (κ3) is 7.71. The molecule has 1 amide bonds. The van der Waals surface area contributed by atoms with E-state index in [1.807, 2.05) is 32.0 Å². The predicted octanol–water partition coefficient (Wildman–Crippen LogP) is 3.72. The Morgan fingerprint density at radius 3 is 2.36 bits per heavy atom. The zero-order valence-electron chi connectivity index (χ0n) is 19.6. The van der Waals surface area contributed by atoms with Crippen LogP contribution < -0.4 is 23.8 Å². The van der Waals surface area contributed by atoms with Crippen molar-refractivity contribution in [3.05, 3.63) is 46.5 Å². The van der Waals surface area contributed by atoms with Gasteiger partial charge in [0.15, 0.2) is 0 Å². The molecule has 0 atom stereocenters. The first-order valence-corrected chi connectivity index (χ1v) is 12.7. The van der Waals surface area contributed by atoms with Crippen LogP contribution in [0, 0.1) is 13.8 Å². The van der Waals surface area contributed by atoms with E-state index in [1.54, 1.807) is 0 Å². The normalized spacial score (nSPS) is 11.1. The predicted molar refractivity (Wildman–Crippen MR) is 130 cm³/mol. The summed E-state index contributed by atoms with van der Waals surface area (Å²) in [6.45, 7) is 4.77. The number of anilines is 1. The topological polar surface area (TPSA) is 94.2 Å². The summed E-state index contributed by atoms with van der Waals surface area (Å²) in [6.07, 6.45) is 1.56. The highest BCUT2D eigenvalue weighted by Crippen LogP contribution is 2.39. The third-order valence-electron chi connectivity index (χ3n) is 4.90. The molecule has 8 nitrogen and oxygen atoms in total. The summed E-state index contributed by atoms with van der Waals surface area (Å²) < 4.78 is 42.3. The molecule has 0 aromatic heterocycles. The number of rotatable bonds is 12. The van der Waals surface area contributed by atoms with Gasteiger partial charge in [-0.1, -0.05) is 29.3 Å². The highest BCUT2D eigenvalue weighted by Gasteiger charge is 2.23. The number of methoxy groups -OCH3 is 2. The molecule has 182 valence electrons. The van der Waals surface area contributed by atoms with Crippen molar-refractivity contribution in [2.24, 2.45) is 0 Å². The van der Waals surface area contributed by atoms with E-state index in [0.29, 0.717) is 41.8 Å². The number of halogens is 1. The summed E-state index contributed by atoms with van der Waals surface area (Å²) >= 11 is 6.12. The third-order valence-corrected chi connectivity index (χ3v) is 6.37. The van der Waals surface area contributed by atoms with E-state index in [2.05, 4.69) is 5.32 Å². The van der Waals surface area contributed by atoms with Crippen LogP contribution in [0.5, 0.6) is 17.2 Å². The average molecular weight is 499 g/mol. The molecule has 0 aliphatic rings. The second kappa shape index (κ2) is 12.0. The molecule has 0 heterocycles. The average Bonchev–Trinajstić information content (AvgIpc) is 2.74. The van der Waals surface area contributed by atoms with Gasteiger partial charge in [0.05, 0.1) is 37.7 Å². The Balaban J connectivity index is 1.91. The summed E-state index contributed by atoms with van der Waals surface area (Å²) in [7, 11) is -0.775. The lowest BCUT2D eigenvalue weighted by Crippen LogP contribution is -2.33. The number of hydrogen-bond donors (Lipinski definition) is 1. The molecule has 0 saturated carbocycles. The van der Waals surface area contributed by atoms with Crippen molar-refractivity contribution in [1.29, 1.82) is 0 Å². The van der Waals surface area contributed by atoms with Gasteiger partial charge in [0.25, 0.3) is 0 Å². The molecule has 0 spiro atoms. The smallest absolute Gasteiger partial charge is 0.232 e. The van der Waals surface area contributed by atoms with Gasteiger partial charge in [0, 0.05) is 25.1 Å². The van der Waals surface area contributed by atoms with Gasteiger partial charge < -0.3 is 19.5 Å². The number of carbonyl (C=O) groups is 1. The van der Waals surface area contributed by atoms with Crippen LogP contribution >= 0.6 is 11.6 Å². The number of amides is 1. The number of ether oxygens (including phenoxy) is 3. The van der Waals surface area contributed by atoms with E-state index in [4.69, 9.17) is 25.8 Å². The first-order chi connectivity index (χ1) is 15.6. The lowest BCUT2D eigenvalue weighted by molar-refractivity contribution is -0.121. The van der Waals surface area contributed by atoms with Crippen molar-refractivity contribution >= 4 is 33.2 Å². The van der Waals surface area contributed by atoms with Crippen molar-refractivity contribution in [3.8, 4) is 17.2 Å². The maximum absolute atomic E-state index is 12.4. The van der Waals surface area contributed by atoms with Gasteiger partial charge in [-0.2, -0.15) is 0 Å². The van der Waals surface area contributed by atoms with Crippen LogP contribution in [0.3, 0.4) is 0 Å². The monoisotopic (exact) mass is 498 g/mol. The Morgan fingerprint density at radius 1 is 1.06 bits per heavy atom. The number of sulfonamides is 1. The van der Waals surface area contributed by atoms with Crippen LogP contribution in [-0.2, 0) is 14.8 Å². The van der Waals surface area contributed by atoms with Crippen LogP contribution in [0.4, 0.5) is 5.69 Å². The molecular weight excluding hydrogens is 468 g/mol. The second-order valence-corrected chi connectivity index (χ2v) is 9.88. The van der Waals surface area contributed by atoms with E-state index in [-0.39, 0.29) is 18.9 Å². The molecule has 33 heavy (non-hydrogen) atoms. The minimum Gasteiger partial charge on any atom is -0.495 e. The molecule has 0 unspecified atom stereocenters. The molecule has 0 aliphatic carbocycles. The Morgan fingerprint density at radius 2 is 1.76 bits per heavy atom. The van der Waals surface area contributed by atoms with Crippen LogP contribution in [0.2, 0.25) is 5.02 Å². The van der Waals surface area contributed by atoms with Gasteiger partial charge in [-0.3, -0.25) is 9.10 Å². The standard InChI is InChI=1S/C23H31ClN2O6S/c1-16-8-9-20(17(2)13-16)32-12-10-25-23(27)7-6-11-26(33(5,28)29)19-15-21(30-3)18(24)14-22(19)31-4/h8-9,13-15H,6-7,10-12H2,1-5H3,(H,25,27). The zero-order chi connectivity index (χ0) is 24.6. The molecule has 2 aromatic carbocycles. The Hall–Kier alpha value is -2.65. The highest BCUT2D eigenvalue weighted by molar-refractivity contribution is 7.92. The molecule has 0 bridgehead atoms. The summed E-state index contributed by atoms with van der Waals surface area (Å²) in [5.41, 5.74) is 2.49. The number of nitrogens with one attached hydrogen (secondary N) is 1. The zero-order valence-corrected chi connectivity index (χ0v) is 21.2. The Labute approximate surface area is 200 Å². The van der Waals surface area contributed by atoms with E-state index in [1.165, 1.54) is 30.7 Å². The fourth-order valence-electron chi connectivity index (χ4n) is 3.29. The molecule has 0 saturated heterocycles. The quantitative estimate of drug-likeness (QED) is 0.448. The fraction of sp³-hybridized carbons (Fsp3) is 0.435. The molecule has 0 fully saturated rings. The molecule has 0 radical (unpaired) electrons. The van der Waals surface area contributed by atoms with E-state index < -0.39 is 10.0 Å². The van der Waals surface area contributed by atoms with Crippen LogP contribution in [0.15, 0.2) is 30.3 Å². The van der Waals surface area contributed by atoms with Crippen molar-refractivity contribution in [2.75, 3.05) is 44.5 Å². The van der Waals surface area contributed by atoms with Crippen molar-refractivity contribution in [1.82, 2.24) is 5.32 Å². The van der Waals surface area contributed by atoms with E-state index in [9.17, 15) is 13.2 Å². The SMILES string of the molecule is COc1cc(N(CCCC(=O)NCCOc2ccc(C)cc2C)S(C)(=O)=O)c(OC)cc1Cl. The Kier molecular flexibility index (Phi) is 9.67. The van der Waals surface area contributed by atoms with Gasteiger partial charge in [0.1, 0.15) is 23.9 Å². The minimum atomic E-state index is -3.64. The molecule has 0 aliphatic heterocycles. The van der Waals surface area contributed by atoms with Gasteiger partial charge in [-0.05, 0) is 31.9 Å². The molecule has 10 heteroatoms. The van der Waals surface area contributed by atoms with Gasteiger partial charge in [-0.25, -0.2) is 8.42 Å². The van der Waals surface area contributed by atoms with Gasteiger partial charge in [0.2, 0.25) is 15.9 Å². The fourth-order valence-corrected chi connectivity index (χ4v) is 4.48. The maximum Gasteiger partial charge on any atom is 0.232 e. The first-order valence-electron chi connectivity index (χ1n) is 10.4. The van der Waals surface area contributed by atoms with E-state index in [0.717, 1.165) is 23.1 Å². The van der Waals surface area contributed by atoms with Crippen molar-refractivity contribution in [3.63, 3.8) is 0 Å². The summed E-state index contributed by atoms with van der Waals surface area (Å²) in [4.78, 5) is 12.2. The molecule has 2 rings (SSSR count). The van der Waals surface area contributed by atoms with Gasteiger partial charge >= 0.3 is 0 Å². The number of nitrogens with zero attached hydrogens (tertiary/aromatic N) is 1. The van der Waals surface area contributed by atoms with Crippen LogP contribution in [0.1, 0.15) is 24.0 Å². The van der Waals surface area contributed by atoms with Crippen molar-refractivity contribution in [2.45, 2.75) is 26.7 Å². The first kappa shape index (κ1) is 26.6. The maximum atomic E-state index is 12.4. The molecular formula is C23H31ClN2O6S. The highest BCUT2D eigenvalue weighted by atomic mass is 35.5. The van der Waals surface area contributed by atoms with Gasteiger partial charge in [-0.15, -0.1) is 0 Å². The summed E-state index contributed by atoms with van der Waals surface area (Å²) in [6, 6.07) is 8.92.